The van der Waals surface area contributed by atoms with Crippen molar-refractivity contribution in [3.63, 3.8) is 0 Å². The Hall–Kier alpha value is -0.690. The smallest absolute Gasteiger partial charge is 0.00432 e. The summed E-state index contributed by atoms with van der Waals surface area (Å²) >= 11 is 4.26. The molecule has 0 spiro atoms. The summed E-state index contributed by atoms with van der Waals surface area (Å²) < 4.78 is 0. The van der Waals surface area contributed by atoms with E-state index in [2.05, 4.69) is 36.9 Å². The van der Waals surface area contributed by atoms with Crippen LogP contribution in [0, 0.1) is 0 Å². The molecule has 0 amide bonds. The Morgan fingerprint density at radius 1 is 1.30 bits per heavy atom. The zero-order chi connectivity index (χ0) is 6.97. The van der Waals surface area contributed by atoms with E-state index in [9.17, 15) is 0 Å². The molecule has 10 heavy (non-hydrogen) atoms. The predicted octanol–water partition coefficient (Wildman–Crippen LogP) is 2.54. The van der Waals surface area contributed by atoms with E-state index in [1.165, 1.54) is 11.1 Å². The second-order valence-electron chi connectivity index (χ2n) is 2.49. The van der Waals surface area contributed by atoms with Gasteiger partial charge in [0.1, 0.15) is 0 Å². The highest BCUT2D eigenvalue weighted by Gasteiger charge is 2.02. The minimum Gasteiger partial charge on any atom is -0.143 e. The third-order valence-electron chi connectivity index (χ3n) is 1.76. The average Bonchev–Trinajstić information content (AvgIpc) is 2.33. The Morgan fingerprint density at radius 2 is 2.20 bits per heavy atom. The third kappa shape index (κ3) is 0.868. The molecule has 0 N–H and O–H groups in total. The molecule has 0 nitrogen and oxygen atoms in total. The molecule has 50 valence electrons. The summed E-state index contributed by atoms with van der Waals surface area (Å²) in [6, 6.07) is 6.26. The first-order valence-corrected chi connectivity index (χ1v) is 3.79. The lowest BCUT2D eigenvalue weighted by Crippen LogP contribution is -1.79. The largest absolute Gasteiger partial charge is 0.143 e. The topological polar surface area (TPSA) is 0 Å². The summed E-state index contributed by atoms with van der Waals surface area (Å²) in [5, 5.41) is 0. The summed E-state index contributed by atoms with van der Waals surface area (Å²) in [4.78, 5) is 1.06. The fraction of sp³-hybridized carbons (Fsp3) is 0.111. The molecule has 1 aromatic carbocycles. The average molecular weight is 148 g/mol. The van der Waals surface area contributed by atoms with E-state index >= 15 is 0 Å². The zero-order valence-electron chi connectivity index (χ0n) is 5.54. The van der Waals surface area contributed by atoms with Gasteiger partial charge in [0.2, 0.25) is 0 Å². The molecule has 0 unspecified atom stereocenters. The van der Waals surface area contributed by atoms with Crippen LogP contribution >= 0.6 is 12.6 Å². The van der Waals surface area contributed by atoms with E-state index in [0.717, 1.165) is 11.3 Å². The number of benzene rings is 1. The minimum absolute atomic E-state index is 1.06. The van der Waals surface area contributed by atoms with Gasteiger partial charge in [-0.3, -0.25) is 0 Å². The van der Waals surface area contributed by atoms with Gasteiger partial charge in [0.05, 0.1) is 0 Å². The fourth-order valence-electron chi connectivity index (χ4n) is 1.24. The highest BCUT2D eigenvalue weighted by Crippen LogP contribution is 2.21. The molecule has 1 aliphatic carbocycles. The van der Waals surface area contributed by atoms with E-state index in [0.29, 0.717) is 0 Å². The summed E-state index contributed by atoms with van der Waals surface area (Å²) in [6.07, 6.45) is 5.41. The number of hydrogen-bond donors (Lipinski definition) is 1. The molecular formula is C9H8S. The van der Waals surface area contributed by atoms with Crippen molar-refractivity contribution in [1.29, 1.82) is 0 Å². The number of hydrogen-bond acceptors (Lipinski definition) is 1. The van der Waals surface area contributed by atoms with Gasteiger partial charge in [0, 0.05) is 4.90 Å². The van der Waals surface area contributed by atoms with Crippen LogP contribution in [0.4, 0.5) is 0 Å². The van der Waals surface area contributed by atoms with Crippen LogP contribution in [0.15, 0.2) is 29.2 Å². The van der Waals surface area contributed by atoms with Gasteiger partial charge in [0.15, 0.2) is 0 Å². The van der Waals surface area contributed by atoms with Crippen LogP contribution in [0.1, 0.15) is 11.1 Å². The highest BCUT2D eigenvalue weighted by atomic mass is 32.1. The van der Waals surface area contributed by atoms with Crippen LogP contribution in [0.25, 0.3) is 6.08 Å². The molecule has 0 saturated carbocycles. The van der Waals surface area contributed by atoms with Crippen molar-refractivity contribution >= 4 is 18.7 Å². The van der Waals surface area contributed by atoms with Crippen LogP contribution in [-0.2, 0) is 6.42 Å². The summed E-state index contributed by atoms with van der Waals surface area (Å²) in [5.74, 6) is 0. The second-order valence-corrected chi connectivity index (χ2v) is 3.01. The molecular weight excluding hydrogens is 140 g/mol. The Morgan fingerprint density at radius 3 is 3.10 bits per heavy atom. The first-order chi connectivity index (χ1) is 4.86. The van der Waals surface area contributed by atoms with Gasteiger partial charge in [-0.2, -0.15) is 0 Å². The molecule has 0 saturated heterocycles. The maximum Gasteiger partial charge on any atom is 0.00432 e. The van der Waals surface area contributed by atoms with Crippen LogP contribution < -0.4 is 0 Å². The van der Waals surface area contributed by atoms with Gasteiger partial charge in [-0.05, 0) is 29.7 Å². The van der Waals surface area contributed by atoms with Crippen molar-refractivity contribution < 1.29 is 0 Å². The lowest BCUT2D eigenvalue weighted by molar-refractivity contribution is 1.27. The SMILES string of the molecule is Sc1ccc2c(c1)CC=C2. The third-order valence-corrected chi connectivity index (χ3v) is 2.04. The molecule has 0 heterocycles. The molecule has 0 aliphatic heterocycles. The van der Waals surface area contributed by atoms with Crippen molar-refractivity contribution in [3.8, 4) is 0 Å². The Bertz CT molecular complexity index is 287. The molecule has 0 bridgehead atoms. The van der Waals surface area contributed by atoms with Crippen molar-refractivity contribution in [2.24, 2.45) is 0 Å². The summed E-state index contributed by atoms with van der Waals surface area (Å²) in [5.41, 5.74) is 2.74. The molecule has 0 atom stereocenters. The van der Waals surface area contributed by atoms with Gasteiger partial charge >= 0.3 is 0 Å². The first kappa shape index (κ1) is 6.05. The molecule has 1 aliphatic rings. The lowest BCUT2D eigenvalue weighted by Gasteiger charge is -1.97. The normalized spacial score (nSPS) is 13.7. The second kappa shape index (κ2) is 2.17. The summed E-state index contributed by atoms with van der Waals surface area (Å²) in [6.45, 7) is 0. The Balaban J connectivity index is 2.59. The van der Waals surface area contributed by atoms with Crippen molar-refractivity contribution in [1.82, 2.24) is 0 Å². The molecule has 0 fully saturated rings. The van der Waals surface area contributed by atoms with Crippen molar-refractivity contribution in [2.75, 3.05) is 0 Å². The van der Waals surface area contributed by atoms with Gasteiger partial charge in [-0.1, -0.05) is 18.2 Å². The monoisotopic (exact) mass is 148 g/mol. The Labute approximate surface area is 66.0 Å². The first-order valence-electron chi connectivity index (χ1n) is 3.35. The van der Waals surface area contributed by atoms with Crippen LogP contribution in [0.2, 0.25) is 0 Å². The fourth-order valence-corrected chi connectivity index (χ4v) is 1.47. The van der Waals surface area contributed by atoms with Crippen LogP contribution in [0.3, 0.4) is 0 Å². The number of fused-ring (bicyclic) bond motifs is 1. The van der Waals surface area contributed by atoms with E-state index in [4.69, 9.17) is 0 Å². The molecule has 0 aromatic heterocycles. The van der Waals surface area contributed by atoms with Gasteiger partial charge < -0.3 is 0 Å². The van der Waals surface area contributed by atoms with Crippen LogP contribution in [0.5, 0.6) is 0 Å². The molecule has 0 radical (unpaired) electrons. The molecule has 1 heteroatoms. The number of allylic oxidation sites excluding steroid dienone is 1. The predicted molar refractivity (Wildman–Crippen MR) is 46.4 cm³/mol. The van der Waals surface area contributed by atoms with Crippen LogP contribution in [-0.4, -0.2) is 0 Å². The Kier molecular flexibility index (Phi) is 1.31. The van der Waals surface area contributed by atoms with E-state index < -0.39 is 0 Å². The van der Waals surface area contributed by atoms with Gasteiger partial charge in [-0.25, -0.2) is 0 Å². The molecule has 2 rings (SSSR count). The van der Waals surface area contributed by atoms with Gasteiger partial charge in [-0.15, -0.1) is 12.6 Å². The van der Waals surface area contributed by atoms with Crippen molar-refractivity contribution in [2.45, 2.75) is 11.3 Å². The quantitative estimate of drug-likeness (QED) is 0.537. The van der Waals surface area contributed by atoms with Crippen molar-refractivity contribution in [3.05, 3.63) is 35.4 Å². The molecule has 1 aromatic rings. The maximum atomic E-state index is 4.26. The maximum absolute atomic E-state index is 4.26. The minimum atomic E-state index is 1.06. The van der Waals surface area contributed by atoms with E-state index in [-0.39, 0.29) is 0 Å². The number of thiol groups is 1. The van der Waals surface area contributed by atoms with E-state index in [1.807, 2.05) is 6.07 Å². The van der Waals surface area contributed by atoms with E-state index in [1.54, 1.807) is 0 Å². The summed E-state index contributed by atoms with van der Waals surface area (Å²) in [7, 11) is 0. The van der Waals surface area contributed by atoms with Gasteiger partial charge in [0.25, 0.3) is 0 Å². The lowest BCUT2D eigenvalue weighted by atomic mass is 10.1. The standard InChI is InChI=1S/C9H8S/c10-9-5-4-7-2-1-3-8(7)6-9/h1-2,4-6,10H,3H2. The highest BCUT2D eigenvalue weighted by molar-refractivity contribution is 7.80. The zero-order valence-corrected chi connectivity index (χ0v) is 6.44. The number of rotatable bonds is 0.